The first kappa shape index (κ1) is 20.3. The van der Waals surface area contributed by atoms with Gasteiger partial charge in [-0.3, -0.25) is 0 Å². The molecule has 150 valence electrons. The molecule has 0 amide bonds. The minimum absolute atomic E-state index is 0.0405. The summed E-state index contributed by atoms with van der Waals surface area (Å²) >= 11 is 3.63. The summed E-state index contributed by atoms with van der Waals surface area (Å²) in [5.74, 6) is 0.916. The topological polar surface area (TPSA) is 48.6 Å². The monoisotopic (exact) mass is 459 g/mol. The first-order chi connectivity index (χ1) is 14.7. The number of rotatable bonds is 6. The summed E-state index contributed by atoms with van der Waals surface area (Å²) < 4.78 is 6.36. The van der Waals surface area contributed by atoms with E-state index in [-0.39, 0.29) is 6.04 Å². The number of nitrogens with zero attached hydrogens (tertiary/aromatic N) is 3. The van der Waals surface area contributed by atoms with Gasteiger partial charge in [0.2, 0.25) is 0 Å². The van der Waals surface area contributed by atoms with Crippen molar-refractivity contribution >= 4 is 27.5 Å². The van der Waals surface area contributed by atoms with Crippen molar-refractivity contribution in [2.45, 2.75) is 12.5 Å². The molecule has 4 nitrogen and oxygen atoms in total. The van der Waals surface area contributed by atoms with Crippen molar-refractivity contribution in [1.82, 2.24) is 4.90 Å². The van der Waals surface area contributed by atoms with Crippen LogP contribution in [0.4, 0.5) is 5.69 Å². The van der Waals surface area contributed by atoms with E-state index in [1.54, 1.807) is 7.11 Å². The molecule has 4 rings (SSSR count). The number of methoxy groups -OCH3 is 1. The van der Waals surface area contributed by atoms with Gasteiger partial charge in [0.15, 0.2) is 0 Å². The van der Waals surface area contributed by atoms with Gasteiger partial charge in [0.1, 0.15) is 5.84 Å². The molecule has 0 radical (unpaired) electrons. The van der Waals surface area contributed by atoms with Crippen LogP contribution in [0, 0.1) is 11.3 Å². The largest absolute Gasteiger partial charge is 0.385 e. The molecule has 0 saturated heterocycles. The maximum atomic E-state index is 9.17. The van der Waals surface area contributed by atoms with Gasteiger partial charge in [-0.2, -0.15) is 5.26 Å². The molecule has 0 aliphatic carbocycles. The number of nitriles is 1. The standard InChI is InChI=1S/C25H22BrN3O/c1-30-15-5-14-29-24(19-6-3-2-4-7-19)22-16-21(26)12-13-23(22)28-25(29)20-10-8-18(17-27)9-11-20/h2-4,6-13,16,24H,5,14-15H2,1H3. The Labute approximate surface area is 185 Å². The second-order valence-corrected chi connectivity index (χ2v) is 8.10. The Morgan fingerprint density at radius 2 is 1.83 bits per heavy atom. The molecule has 1 atom stereocenters. The third kappa shape index (κ3) is 4.16. The fraction of sp³-hybridized carbons (Fsp3) is 0.200. The van der Waals surface area contributed by atoms with E-state index in [0.717, 1.165) is 34.5 Å². The molecule has 1 unspecified atom stereocenters. The number of ether oxygens (including phenoxy) is 1. The zero-order valence-electron chi connectivity index (χ0n) is 16.8. The average Bonchev–Trinajstić information content (AvgIpc) is 2.79. The highest BCUT2D eigenvalue weighted by atomic mass is 79.9. The minimum Gasteiger partial charge on any atom is -0.385 e. The van der Waals surface area contributed by atoms with Crippen LogP contribution in [0.2, 0.25) is 0 Å². The smallest absolute Gasteiger partial charge is 0.137 e. The first-order valence-electron chi connectivity index (χ1n) is 9.90. The van der Waals surface area contributed by atoms with E-state index in [9.17, 15) is 5.26 Å². The van der Waals surface area contributed by atoms with Crippen LogP contribution in [-0.2, 0) is 4.74 Å². The second kappa shape index (κ2) is 9.25. The zero-order valence-corrected chi connectivity index (χ0v) is 18.3. The van der Waals surface area contributed by atoms with Crippen LogP contribution in [0.15, 0.2) is 82.3 Å². The lowest BCUT2D eigenvalue weighted by Crippen LogP contribution is -2.39. The van der Waals surface area contributed by atoms with Crippen LogP contribution in [0.3, 0.4) is 0 Å². The molecule has 1 aliphatic heterocycles. The third-order valence-electron chi connectivity index (χ3n) is 5.23. The van der Waals surface area contributed by atoms with Crippen molar-refractivity contribution in [3.63, 3.8) is 0 Å². The summed E-state index contributed by atoms with van der Waals surface area (Å²) in [6.45, 7) is 1.49. The van der Waals surface area contributed by atoms with Gasteiger partial charge in [-0.1, -0.05) is 46.3 Å². The summed E-state index contributed by atoms with van der Waals surface area (Å²) in [6, 6.07) is 26.7. The number of benzene rings is 3. The normalized spacial score (nSPS) is 15.3. The number of aliphatic imine (C=N–C) groups is 1. The predicted octanol–water partition coefficient (Wildman–Crippen LogP) is 5.84. The number of amidine groups is 1. The Kier molecular flexibility index (Phi) is 6.27. The van der Waals surface area contributed by atoms with Gasteiger partial charge in [-0.15, -0.1) is 0 Å². The highest BCUT2D eigenvalue weighted by molar-refractivity contribution is 9.10. The molecule has 1 aliphatic rings. The van der Waals surface area contributed by atoms with Crippen LogP contribution in [0.1, 0.15) is 34.7 Å². The maximum Gasteiger partial charge on any atom is 0.137 e. The number of hydrogen-bond acceptors (Lipinski definition) is 4. The number of hydrogen-bond donors (Lipinski definition) is 0. The van der Waals surface area contributed by atoms with Crippen LogP contribution < -0.4 is 0 Å². The SMILES string of the molecule is COCCCN1C(c2ccc(C#N)cc2)=Nc2ccc(Br)cc2C1c1ccccc1. The van der Waals surface area contributed by atoms with E-state index in [1.165, 1.54) is 11.1 Å². The lowest BCUT2D eigenvalue weighted by molar-refractivity contribution is 0.182. The highest BCUT2D eigenvalue weighted by Gasteiger charge is 2.31. The van der Waals surface area contributed by atoms with Gasteiger partial charge in [-0.05, 0) is 54.4 Å². The van der Waals surface area contributed by atoms with E-state index in [1.807, 2.05) is 36.4 Å². The van der Waals surface area contributed by atoms with Gasteiger partial charge in [0.25, 0.3) is 0 Å². The molecule has 5 heteroatoms. The summed E-state index contributed by atoms with van der Waals surface area (Å²) in [5.41, 5.74) is 5.00. The fourth-order valence-electron chi connectivity index (χ4n) is 3.85. The maximum absolute atomic E-state index is 9.17. The summed E-state index contributed by atoms with van der Waals surface area (Å²) in [4.78, 5) is 7.40. The van der Waals surface area contributed by atoms with Crippen molar-refractivity contribution in [2.24, 2.45) is 4.99 Å². The van der Waals surface area contributed by atoms with Gasteiger partial charge in [0, 0.05) is 35.9 Å². The molecular formula is C25H22BrN3O. The number of halogens is 1. The Bertz CT molecular complexity index is 1090. The molecule has 3 aromatic rings. The molecule has 0 saturated carbocycles. The van der Waals surface area contributed by atoms with Gasteiger partial charge >= 0.3 is 0 Å². The average molecular weight is 460 g/mol. The van der Waals surface area contributed by atoms with E-state index < -0.39 is 0 Å². The third-order valence-corrected chi connectivity index (χ3v) is 5.72. The molecular weight excluding hydrogens is 438 g/mol. The van der Waals surface area contributed by atoms with E-state index in [0.29, 0.717) is 12.2 Å². The van der Waals surface area contributed by atoms with Gasteiger partial charge < -0.3 is 9.64 Å². The lowest BCUT2D eigenvalue weighted by Gasteiger charge is -2.39. The lowest BCUT2D eigenvalue weighted by atomic mass is 9.92. The van der Waals surface area contributed by atoms with Crippen molar-refractivity contribution in [3.05, 3.63) is 99.5 Å². The predicted molar refractivity (Wildman–Crippen MR) is 123 cm³/mol. The molecule has 0 aromatic heterocycles. The Hall–Kier alpha value is -2.94. The quantitative estimate of drug-likeness (QED) is 0.434. The van der Waals surface area contributed by atoms with E-state index >= 15 is 0 Å². The van der Waals surface area contributed by atoms with Gasteiger partial charge in [0.05, 0.1) is 23.4 Å². The summed E-state index contributed by atoms with van der Waals surface area (Å²) in [5, 5.41) is 9.17. The van der Waals surface area contributed by atoms with Crippen molar-refractivity contribution in [1.29, 1.82) is 5.26 Å². The van der Waals surface area contributed by atoms with Crippen molar-refractivity contribution in [3.8, 4) is 6.07 Å². The van der Waals surface area contributed by atoms with E-state index in [2.05, 4.69) is 63.3 Å². The molecule has 1 heterocycles. The second-order valence-electron chi connectivity index (χ2n) is 7.18. The molecule has 0 spiro atoms. The first-order valence-corrected chi connectivity index (χ1v) is 10.7. The number of fused-ring (bicyclic) bond motifs is 1. The van der Waals surface area contributed by atoms with Crippen LogP contribution in [0.25, 0.3) is 0 Å². The Morgan fingerprint density at radius 3 is 2.53 bits per heavy atom. The van der Waals surface area contributed by atoms with Crippen LogP contribution in [-0.4, -0.2) is 31.0 Å². The highest BCUT2D eigenvalue weighted by Crippen LogP contribution is 2.41. The zero-order chi connectivity index (χ0) is 20.9. The van der Waals surface area contributed by atoms with Crippen molar-refractivity contribution in [2.75, 3.05) is 20.3 Å². The Morgan fingerprint density at radius 1 is 1.07 bits per heavy atom. The molecule has 0 fully saturated rings. The van der Waals surface area contributed by atoms with Gasteiger partial charge in [-0.25, -0.2) is 4.99 Å². The van der Waals surface area contributed by atoms with E-state index in [4.69, 9.17) is 9.73 Å². The Balaban J connectivity index is 1.87. The van der Waals surface area contributed by atoms with Crippen LogP contribution in [0.5, 0.6) is 0 Å². The molecule has 30 heavy (non-hydrogen) atoms. The molecule has 0 bridgehead atoms. The molecule has 0 N–H and O–H groups in total. The van der Waals surface area contributed by atoms with Crippen molar-refractivity contribution < 1.29 is 4.74 Å². The fourth-order valence-corrected chi connectivity index (χ4v) is 4.23. The minimum atomic E-state index is 0.0405. The molecule has 3 aromatic carbocycles. The summed E-state index contributed by atoms with van der Waals surface area (Å²) in [7, 11) is 1.73. The van der Waals surface area contributed by atoms with Crippen LogP contribution >= 0.6 is 15.9 Å². The summed E-state index contributed by atoms with van der Waals surface area (Å²) in [6.07, 6.45) is 0.887.